The molecule has 3 nitrogen and oxygen atoms in total. The van der Waals surface area contributed by atoms with Gasteiger partial charge in [-0.3, -0.25) is 4.72 Å². The van der Waals surface area contributed by atoms with Crippen molar-refractivity contribution < 1.29 is 8.42 Å². The SMILES string of the molecule is CC(C)Cc1ccc(S(=O)(=O)Nc2ccccc2C(C)C)cc1. The highest BCUT2D eigenvalue weighted by Crippen LogP contribution is 2.26. The lowest BCUT2D eigenvalue weighted by atomic mass is 10.0. The predicted octanol–water partition coefficient (Wildman–Crippen LogP) is 4.81. The molecule has 2 aromatic carbocycles. The summed E-state index contributed by atoms with van der Waals surface area (Å²) in [4.78, 5) is 0.295. The molecule has 4 heteroatoms. The standard InChI is InChI=1S/C19H25NO2S/c1-14(2)13-16-9-11-17(12-10-16)23(21,22)20-19-8-6-5-7-18(19)15(3)4/h5-12,14-15,20H,13H2,1-4H3. The first kappa shape index (κ1) is 17.5. The third-order valence-corrected chi connectivity index (χ3v) is 5.09. The van der Waals surface area contributed by atoms with Gasteiger partial charge in [0.15, 0.2) is 0 Å². The molecule has 0 aliphatic carbocycles. The molecule has 0 amide bonds. The molecule has 0 fully saturated rings. The molecule has 0 radical (unpaired) electrons. The van der Waals surface area contributed by atoms with Gasteiger partial charge in [0.05, 0.1) is 10.6 Å². The van der Waals surface area contributed by atoms with Gasteiger partial charge in [-0.1, -0.05) is 58.0 Å². The maximum Gasteiger partial charge on any atom is 0.261 e. The molecule has 0 saturated heterocycles. The van der Waals surface area contributed by atoms with Crippen molar-refractivity contribution in [1.82, 2.24) is 0 Å². The highest BCUT2D eigenvalue weighted by atomic mass is 32.2. The minimum absolute atomic E-state index is 0.252. The van der Waals surface area contributed by atoms with Gasteiger partial charge in [-0.25, -0.2) is 8.42 Å². The number of benzene rings is 2. The van der Waals surface area contributed by atoms with Crippen molar-refractivity contribution in [3.8, 4) is 0 Å². The molecular formula is C19H25NO2S. The molecule has 0 spiro atoms. The average molecular weight is 331 g/mol. The molecule has 0 atom stereocenters. The monoisotopic (exact) mass is 331 g/mol. The summed E-state index contributed by atoms with van der Waals surface area (Å²) in [6, 6.07) is 14.7. The van der Waals surface area contributed by atoms with Crippen LogP contribution in [0.4, 0.5) is 5.69 Å². The van der Waals surface area contributed by atoms with E-state index in [1.165, 1.54) is 0 Å². The predicted molar refractivity (Wildman–Crippen MR) is 96.3 cm³/mol. The van der Waals surface area contributed by atoms with E-state index in [1.807, 2.05) is 44.2 Å². The summed E-state index contributed by atoms with van der Waals surface area (Å²) < 4.78 is 27.9. The summed E-state index contributed by atoms with van der Waals surface area (Å²) in [6.07, 6.45) is 0.948. The number of sulfonamides is 1. The molecule has 2 aromatic rings. The maximum absolute atomic E-state index is 12.6. The summed E-state index contributed by atoms with van der Waals surface area (Å²) >= 11 is 0. The third-order valence-electron chi connectivity index (χ3n) is 3.70. The van der Waals surface area contributed by atoms with Crippen molar-refractivity contribution in [3.63, 3.8) is 0 Å². The Morgan fingerprint density at radius 3 is 2.09 bits per heavy atom. The number of nitrogens with one attached hydrogen (secondary N) is 1. The maximum atomic E-state index is 12.6. The van der Waals surface area contributed by atoms with E-state index >= 15 is 0 Å². The molecule has 0 aliphatic rings. The summed E-state index contributed by atoms with van der Waals surface area (Å²) in [5, 5.41) is 0. The van der Waals surface area contributed by atoms with Crippen LogP contribution in [0.15, 0.2) is 53.4 Å². The fraction of sp³-hybridized carbons (Fsp3) is 0.368. The van der Waals surface area contributed by atoms with Crippen LogP contribution in [0.5, 0.6) is 0 Å². The van der Waals surface area contributed by atoms with Crippen LogP contribution in [0, 0.1) is 5.92 Å². The zero-order valence-corrected chi connectivity index (χ0v) is 15.0. The van der Waals surface area contributed by atoms with Gasteiger partial charge in [0.2, 0.25) is 0 Å². The second kappa shape index (κ2) is 7.18. The van der Waals surface area contributed by atoms with Crippen LogP contribution >= 0.6 is 0 Å². The van der Waals surface area contributed by atoms with Gasteiger partial charge in [0.25, 0.3) is 10.0 Å². The van der Waals surface area contributed by atoms with Crippen molar-refractivity contribution in [3.05, 3.63) is 59.7 Å². The quantitative estimate of drug-likeness (QED) is 0.825. The Morgan fingerprint density at radius 2 is 1.52 bits per heavy atom. The van der Waals surface area contributed by atoms with E-state index in [-0.39, 0.29) is 5.92 Å². The van der Waals surface area contributed by atoms with Gasteiger partial charge >= 0.3 is 0 Å². The zero-order chi connectivity index (χ0) is 17.0. The first-order valence-corrected chi connectivity index (χ1v) is 9.48. The fourth-order valence-corrected chi connectivity index (χ4v) is 3.66. The lowest BCUT2D eigenvalue weighted by Crippen LogP contribution is -2.14. The van der Waals surface area contributed by atoms with Crippen LogP contribution in [0.1, 0.15) is 44.7 Å². The number of hydrogen-bond acceptors (Lipinski definition) is 2. The van der Waals surface area contributed by atoms with Crippen molar-refractivity contribution in [2.75, 3.05) is 4.72 Å². The van der Waals surface area contributed by atoms with Crippen LogP contribution in [-0.2, 0) is 16.4 Å². The number of para-hydroxylation sites is 1. The summed E-state index contributed by atoms with van der Waals surface area (Å²) in [5.74, 6) is 0.802. The number of anilines is 1. The highest BCUT2D eigenvalue weighted by molar-refractivity contribution is 7.92. The van der Waals surface area contributed by atoms with Crippen LogP contribution < -0.4 is 4.72 Å². The molecule has 0 heterocycles. The van der Waals surface area contributed by atoms with Gasteiger partial charge in [-0.2, -0.15) is 0 Å². The molecule has 2 rings (SSSR count). The summed E-state index contributed by atoms with van der Waals surface area (Å²) in [7, 11) is -3.56. The van der Waals surface area contributed by atoms with E-state index < -0.39 is 10.0 Å². The molecule has 0 saturated carbocycles. The molecule has 23 heavy (non-hydrogen) atoms. The molecule has 0 unspecified atom stereocenters. The van der Waals surface area contributed by atoms with Crippen molar-refractivity contribution in [1.29, 1.82) is 0 Å². The molecule has 124 valence electrons. The Labute approximate surface area is 139 Å². The Kier molecular flexibility index (Phi) is 5.47. The van der Waals surface area contributed by atoms with Gasteiger partial charge < -0.3 is 0 Å². The lowest BCUT2D eigenvalue weighted by molar-refractivity contribution is 0.601. The molecular weight excluding hydrogens is 306 g/mol. The van der Waals surface area contributed by atoms with Gasteiger partial charge in [-0.15, -0.1) is 0 Å². The Bertz CT molecular complexity index is 747. The Balaban J connectivity index is 2.26. The van der Waals surface area contributed by atoms with Gasteiger partial charge in [-0.05, 0) is 47.6 Å². The lowest BCUT2D eigenvalue weighted by Gasteiger charge is -2.15. The number of rotatable bonds is 6. The van der Waals surface area contributed by atoms with Crippen LogP contribution in [0.3, 0.4) is 0 Å². The van der Waals surface area contributed by atoms with Crippen LogP contribution in [-0.4, -0.2) is 8.42 Å². The smallest absolute Gasteiger partial charge is 0.261 e. The van der Waals surface area contributed by atoms with E-state index in [2.05, 4.69) is 18.6 Å². The van der Waals surface area contributed by atoms with Gasteiger partial charge in [0, 0.05) is 0 Å². The van der Waals surface area contributed by atoms with E-state index in [1.54, 1.807) is 18.2 Å². The summed E-state index contributed by atoms with van der Waals surface area (Å²) in [6.45, 7) is 8.39. The molecule has 0 bridgehead atoms. The second-order valence-corrected chi connectivity index (χ2v) is 8.27. The highest BCUT2D eigenvalue weighted by Gasteiger charge is 2.16. The zero-order valence-electron chi connectivity index (χ0n) is 14.2. The van der Waals surface area contributed by atoms with E-state index in [4.69, 9.17) is 0 Å². The van der Waals surface area contributed by atoms with Crippen molar-refractivity contribution in [2.24, 2.45) is 5.92 Å². The largest absolute Gasteiger partial charge is 0.279 e. The van der Waals surface area contributed by atoms with Gasteiger partial charge in [0.1, 0.15) is 0 Å². The van der Waals surface area contributed by atoms with E-state index in [9.17, 15) is 8.42 Å². The van der Waals surface area contributed by atoms with Crippen molar-refractivity contribution in [2.45, 2.75) is 44.9 Å². The number of hydrogen-bond donors (Lipinski definition) is 1. The van der Waals surface area contributed by atoms with E-state index in [0.29, 0.717) is 16.5 Å². The third kappa shape index (κ3) is 4.58. The van der Waals surface area contributed by atoms with Crippen LogP contribution in [0.25, 0.3) is 0 Å². The first-order valence-electron chi connectivity index (χ1n) is 8.00. The Morgan fingerprint density at radius 1 is 0.913 bits per heavy atom. The van der Waals surface area contributed by atoms with E-state index in [0.717, 1.165) is 17.5 Å². The first-order chi connectivity index (χ1) is 10.8. The molecule has 0 aliphatic heterocycles. The average Bonchev–Trinajstić information content (AvgIpc) is 2.47. The van der Waals surface area contributed by atoms with Crippen LogP contribution in [0.2, 0.25) is 0 Å². The minimum atomic E-state index is -3.56. The normalized spacial score (nSPS) is 11.9. The Hall–Kier alpha value is -1.81. The minimum Gasteiger partial charge on any atom is -0.279 e. The summed E-state index contributed by atoms with van der Waals surface area (Å²) in [5.41, 5.74) is 2.79. The second-order valence-electron chi connectivity index (χ2n) is 6.59. The fourth-order valence-electron chi connectivity index (χ4n) is 2.57. The van der Waals surface area contributed by atoms with Crippen molar-refractivity contribution >= 4 is 15.7 Å². The molecule has 0 aromatic heterocycles. The topological polar surface area (TPSA) is 46.2 Å². The molecule has 1 N–H and O–H groups in total.